The van der Waals surface area contributed by atoms with Crippen LogP contribution in [0.3, 0.4) is 0 Å². The van der Waals surface area contributed by atoms with Gasteiger partial charge in [0.1, 0.15) is 5.52 Å². The Hall–Kier alpha value is -4.20. The molecule has 0 saturated carbocycles. The van der Waals surface area contributed by atoms with Gasteiger partial charge < -0.3 is 29.1 Å². The van der Waals surface area contributed by atoms with Crippen LogP contribution >= 0.6 is 0 Å². The van der Waals surface area contributed by atoms with Crippen LogP contribution in [0.5, 0.6) is 17.2 Å². The zero-order chi connectivity index (χ0) is 22.0. The fraction of sp³-hybridized carbons (Fsp3) is 0.130. The Morgan fingerprint density at radius 3 is 2.32 bits per heavy atom. The van der Waals surface area contributed by atoms with E-state index < -0.39 is 5.97 Å². The number of para-hydroxylation sites is 1. The lowest BCUT2D eigenvalue weighted by atomic mass is 10.0. The summed E-state index contributed by atoms with van der Waals surface area (Å²) in [6, 6.07) is 16.0. The summed E-state index contributed by atoms with van der Waals surface area (Å²) in [5.41, 5.74) is 3.47. The normalized spacial score (nSPS) is 10.7. The molecule has 31 heavy (non-hydrogen) atoms. The second-order valence-electron chi connectivity index (χ2n) is 6.60. The quantitative estimate of drug-likeness (QED) is 0.432. The molecule has 0 unspecified atom stereocenters. The number of ether oxygens (including phenoxy) is 3. The van der Waals surface area contributed by atoms with Crippen molar-refractivity contribution in [2.45, 2.75) is 0 Å². The topological polar surface area (TPSA) is 103 Å². The predicted molar refractivity (Wildman–Crippen MR) is 116 cm³/mol. The minimum absolute atomic E-state index is 0.199. The lowest BCUT2D eigenvalue weighted by molar-refractivity contribution is 0.0697. The van der Waals surface area contributed by atoms with Crippen molar-refractivity contribution in [1.29, 1.82) is 0 Å². The van der Waals surface area contributed by atoms with E-state index in [9.17, 15) is 9.90 Å². The third-order valence-electron chi connectivity index (χ3n) is 4.75. The first-order valence-corrected chi connectivity index (χ1v) is 9.34. The van der Waals surface area contributed by atoms with Gasteiger partial charge in [-0.25, -0.2) is 4.79 Å². The van der Waals surface area contributed by atoms with E-state index in [0.29, 0.717) is 34.0 Å². The van der Waals surface area contributed by atoms with Crippen LogP contribution in [0.15, 0.2) is 59.0 Å². The number of fused-ring (bicyclic) bond motifs is 1. The molecule has 0 amide bonds. The molecule has 0 aliphatic heterocycles. The van der Waals surface area contributed by atoms with E-state index >= 15 is 0 Å². The summed E-state index contributed by atoms with van der Waals surface area (Å²) >= 11 is 0. The van der Waals surface area contributed by atoms with Gasteiger partial charge >= 0.3 is 5.97 Å². The van der Waals surface area contributed by atoms with E-state index in [2.05, 4.69) is 10.3 Å². The number of nitrogens with one attached hydrogen (secondary N) is 1. The molecule has 0 saturated heterocycles. The van der Waals surface area contributed by atoms with Crippen LogP contribution in [0.2, 0.25) is 0 Å². The minimum Gasteiger partial charge on any atom is -0.493 e. The van der Waals surface area contributed by atoms with Gasteiger partial charge in [-0.1, -0.05) is 24.3 Å². The molecule has 0 atom stereocenters. The fourth-order valence-electron chi connectivity index (χ4n) is 3.33. The summed E-state index contributed by atoms with van der Waals surface area (Å²) in [7, 11) is 4.62. The smallest absolute Gasteiger partial charge is 0.335 e. The third-order valence-corrected chi connectivity index (χ3v) is 4.75. The van der Waals surface area contributed by atoms with Crippen LogP contribution < -0.4 is 19.5 Å². The Balaban J connectivity index is 1.74. The number of hydrogen-bond acceptors (Lipinski definition) is 7. The fourth-order valence-corrected chi connectivity index (χ4v) is 3.33. The van der Waals surface area contributed by atoms with Crippen molar-refractivity contribution in [2.24, 2.45) is 0 Å². The lowest BCUT2D eigenvalue weighted by Gasteiger charge is -2.14. The summed E-state index contributed by atoms with van der Waals surface area (Å²) in [5, 5.41) is 12.4. The molecule has 8 nitrogen and oxygen atoms in total. The van der Waals surface area contributed by atoms with E-state index in [4.69, 9.17) is 18.6 Å². The number of rotatable bonds is 7. The molecule has 4 aromatic rings. The van der Waals surface area contributed by atoms with Gasteiger partial charge in [-0.05, 0) is 23.8 Å². The number of carbonyl (C=O) groups is 1. The van der Waals surface area contributed by atoms with Gasteiger partial charge in [0.15, 0.2) is 17.1 Å². The largest absolute Gasteiger partial charge is 0.493 e. The van der Waals surface area contributed by atoms with E-state index in [1.54, 1.807) is 30.3 Å². The molecule has 1 aromatic heterocycles. The molecule has 0 radical (unpaired) electrons. The van der Waals surface area contributed by atoms with E-state index in [-0.39, 0.29) is 11.6 Å². The predicted octanol–water partition coefficient (Wildman–Crippen LogP) is 4.96. The number of anilines is 2. The Kier molecular flexibility index (Phi) is 5.36. The third kappa shape index (κ3) is 3.83. The number of carboxylic acid groups (broad SMARTS) is 1. The highest BCUT2D eigenvalue weighted by molar-refractivity contribution is 5.94. The first-order valence-electron chi connectivity index (χ1n) is 9.34. The number of aromatic nitrogens is 1. The second-order valence-corrected chi connectivity index (χ2v) is 6.60. The van der Waals surface area contributed by atoms with Crippen LogP contribution in [-0.4, -0.2) is 37.4 Å². The number of oxazole rings is 1. The standard InChI is InChI=1S/C23H20N2O6/c1-28-18-11-15(12-19(29-2)21(18)30-3)24-23-25-17-9-5-8-16(20(17)31-23)13-6-4-7-14(10-13)22(26)27/h4-12H,1-3H3,(H,24,25)(H,26,27). The zero-order valence-electron chi connectivity index (χ0n) is 17.1. The van der Waals surface area contributed by atoms with Crippen LogP contribution in [-0.2, 0) is 0 Å². The highest BCUT2D eigenvalue weighted by atomic mass is 16.5. The summed E-state index contributed by atoms with van der Waals surface area (Å²) in [6.07, 6.45) is 0. The van der Waals surface area contributed by atoms with Crippen molar-refractivity contribution in [3.8, 4) is 28.4 Å². The molecule has 0 aliphatic rings. The monoisotopic (exact) mass is 420 g/mol. The zero-order valence-corrected chi connectivity index (χ0v) is 17.1. The maximum atomic E-state index is 11.3. The molecular weight excluding hydrogens is 400 g/mol. The molecule has 0 bridgehead atoms. The Bertz CT molecular complexity index is 1240. The SMILES string of the molecule is COc1cc(Nc2nc3cccc(-c4cccc(C(=O)O)c4)c3o2)cc(OC)c1OC. The van der Waals surface area contributed by atoms with E-state index in [1.165, 1.54) is 21.3 Å². The number of hydrogen-bond donors (Lipinski definition) is 2. The summed E-state index contributed by atoms with van der Waals surface area (Å²) < 4.78 is 22.1. The highest BCUT2D eigenvalue weighted by Crippen LogP contribution is 2.41. The van der Waals surface area contributed by atoms with Gasteiger partial charge in [0.2, 0.25) is 5.75 Å². The van der Waals surface area contributed by atoms with Crippen LogP contribution in [0.4, 0.5) is 11.7 Å². The maximum absolute atomic E-state index is 11.3. The second kappa shape index (κ2) is 8.27. The van der Waals surface area contributed by atoms with E-state index in [1.807, 2.05) is 24.3 Å². The molecule has 0 spiro atoms. The average Bonchev–Trinajstić information content (AvgIpc) is 3.20. The van der Waals surface area contributed by atoms with Crippen molar-refractivity contribution >= 4 is 28.8 Å². The van der Waals surface area contributed by atoms with E-state index in [0.717, 1.165) is 11.1 Å². The van der Waals surface area contributed by atoms with Crippen LogP contribution in [0.1, 0.15) is 10.4 Å². The van der Waals surface area contributed by atoms with Crippen molar-refractivity contribution in [3.63, 3.8) is 0 Å². The number of methoxy groups -OCH3 is 3. The molecule has 3 aromatic carbocycles. The molecule has 1 heterocycles. The Labute approximate surface area is 178 Å². The first kappa shape index (κ1) is 20.1. The van der Waals surface area contributed by atoms with Gasteiger partial charge in [0.25, 0.3) is 6.01 Å². The van der Waals surface area contributed by atoms with Gasteiger partial charge in [-0.2, -0.15) is 4.98 Å². The summed E-state index contributed by atoms with van der Waals surface area (Å²) in [6.45, 7) is 0. The van der Waals surface area contributed by atoms with Gasteiger partial charge in [0.05, 0.1) is 26.9 Å². The Morgan fingerprint density at radius 2 is 1.68 bits per heavy atom. The molecule has 0 fully saturated rings. The first-order chi connectivity index (χ1) is 15.0. The Morgan fingerprint density at radius 1 is 0.968 bits per heavy atom. The van der Waals surface area contributed by atoms with Gasteiger partial charge in [0, 0.05) is 23.4 Å². The molecule has 4 rings (SSSR count). The van der Waals surface area contributed by atoms with Crippen molar-refractivity contribution < 1.29 is 28.5 Å². The van der Waals surface area contributed by atoms with Crippen molar-refractivity contribution in [3.05, 3.63) is 60.2 Å². The van der Waals surface area contributed by atoms with Crippen molar-refractivity contribution in [1.82, 2.24) is 4.98 Å². The molecule has 2 N–H and O–H groups in total. The summed E-state index contributed by atoms with van der Waals surface area (Å²) in [4.78, 5) is 15.8. The number of aromatic carboxylic acids is 1. The summed E-state index contributed by atoms with van der Waals surface area (Å²) in [5.74, 6) is 0.475. The molecule has 158 valence electrons. The van der Waals surface area contributed by atoms with Crippen LogP contribution in [0.25, 0.3) is 22.2 Å². The van der Waals surface area contributed by atoms with Gasteiger partial charge in [-0.3, -0.25) is 0 Å². The van der Waals surface area contributed by atoms with Crippen LogP contribution in [0, 0.1) is 0 Å². The van der Waals surface area contributed by atoms with Gasteiger partial charge in [-0.15, -0.1) is 0 Å². The lowest BCUT2D eigenvalue weighted by Crippen LogP contribution is -1.97. The average molecular weight is 420 g/mol. The number of nitrogens with zero attached hydrogens (tertiary/aromatic N) is 1. The molecule has 8 heteroatoms. The minimum atomic E-state index is -0.989. The number of carboxylic acids is 1. The molecule has 0 aliphatic carbocycles. The maximum Gasteiger partial charge on any atom is 0.335 e. The number of benzene rings is 3. The highest BCUT2D eigenvalue weighted by Gasteiger charge is 2.16. The van der Waals surface area contributed by atoms with Crippen molar-refractivity contribution in [2.75, 3.05) is 26.6 Å². The molecular formula is C23H20N2O6.